The summed E-state index contributed by atoms with van der Waals surface area (Å²) in [5, 5.41) is 0. The summed E-state index contributed by atoms with van der Waals surface area (Å²) >= 11 is 2.08. The highest BCUT2D eigenvalue weighted by Gasteiger charge is 2.21. The van der Waals surface area contributed by atoms with E-state index in [2.05, 4.69) is 16.7 Å². The fourth-order valence-electron chi connectivity index (χ4n) is 1.95. The second-order valence-corrected chi connectivity index (χ2v) is 6.72. The molecule has 0 amide bonds. The monoisotopic (exact) mass is 219 g/mol. The van der Waals surface area contributed by atoms with Crippen LogP contribution in [0.2, 0.25) is 0 Å². The molecule has 0 aromatic heterocycles. The summed E-state index contributed by atoms with van der Waals surface area (Å²) in [5.74, 6) is 5.42. The van der Waals surface area contributed by atoms with Crippen LogP contribution in [0.5, 0.6) is 0 Å². The Morgan fingerprint density at radius 3 is 2.77 bits per heavy atom. The number of nitrogens with zero attached hydrogens (tertiary/aromatic N) is 1. The van der Waals surface area contributed by atoms with Crippen LogP contribution in [0.3, 0.4) is 0 Å². The van der Waals surface area contributed by atoms with Gasteiger partial charge in [0.25, 0.3) is 0 Å². The summed E-state index contributed by atoms with van der Waals surface area (Å²) in [6.45, 7) is 3.38. The molecule has 2 aliphatic heterocycles. The maximum atomic E-state index is 11.1. The summed E-state index contributed by atoms with van der Waals surface area (Å²) in [6.07, 6.45) is 1.39. The van der Waals surface area contributed by atoms with E-state index < -0.39 is 10.8 Å². The molecule has 1 unspecified atom stereocenters. The lowest BCUT2D eigenvalue weighted by atomic mass is 10.1. The molecule has 2 heterocycles. The van der Waals surface area contributed by atoms with Gasteiger partial charge in [-0.05, 0) is 23.8 Å². The van der Waals surface area contributed by atoms with Gasteiger partial charge in [-0.15, -0.1) is 0 Å². The van der Waals surface area contributed by atoms with E-state index >= 15 is 0 Å². The van der Waals surface area contributed by atoms with E-state index in [0.717, 1.165) is 30.5 Å². The van der Waals surface area contributed by atoms with Gasteiger partial charge in [-0.3, -0.25) is 4.21 Å². The largest absolute Gasteiger partial charge is 0.301 e. The Bertz CT molecular complexity index is 182. The van der Waals surface area contributed by atoms with Crippen LogP contribution < -0.4 is 0 Å². The highest BCUT2D eigenvalue weighted by Crippen LogP contribution is 2.24. The number of hydrogen-bond donors (Lipinski definition) is 0. The molecule has 0 saturated carbocycles. The maximum absolute atomic E-state index is 11.1. The first-order valence-corrected chi connectivity index (χ1v) is 7.64. The summed E-state index contributed by atoms with van der Waals surface area (Å²) in [6, 6.07) is 0. The molecular weight excluding hydrogens is 202 g/mol. The van der Waals surface area contributed by atoms with Gasteiger partial charge in [-0.1, -0.05) is 0 Å². The highest BCUT2D eigenvalue weighted by molar-refractivity contribution is 7.99. The third-order valence-electron chi connectivity index (χ3n) is 2.81. The molecule has 2 nitrogen and oxygen atoms in total. The van der Waals surface area contributed by atoms with E-state index in [1.54, 1.807) is 0 Å². The van der Waals surface area contributed by atoms with Crippen LogP contribution in [0.4, 0.5) is 0 Å². The smallest absolute Gasteiger partial charge is 0.0363 e. The number of thioether (sulfide) groups is 1. The topological polar surface area (TPSA) is 20.3 Å². The van der Waals surface area contributed by atoms with E-state index in [0.29, 0.717) is 0 Å². The lowest BCUT2D eigenvalue weighted by molar-refractivity contribution is 0.260. The van der Waals surface area contributed by atoms with Crippen molar-refractivity contribution in [3.8, 4) is 0 Å². The van der Waals surface area contributed by atoms with Gasteiger partial charge in [0, 0.05) is 41.9 Å². The Balaban J connectivity index is 1.72. The van der Waals surface area contributed by atoms with Crippen LogP contribution >= 0.6 is 11.8 Å². The number of hydrogen-bond acceptors (Lipinski definition) is 3. The van der Waals surface area contributed by atoms with Crippen molar-refractivity contribution in [3.63, 3.8) is 0 Å². The quantitative estimate of drug-likeness (QED) is 0.685. The molecule has 2 rings (SSSR count). The Kier molecular flexibility index (Phi) is 3.69. The van der Waals surface area contributed by atoms with Crippen LogP contribution in [0.15, 0.2) is 0 Å². The van der Waals surface area contributed by atoms with Gasteiger partial charge in [0.05, 0.1) is 0 Å². The maximum Gasteiger partial charge on any atom is 0.0363 e. The predicted molar refractivity (Wildman–Crippen MR) is 59.7 cm³/mol. The molecule has 0 aromatic carbocycles. The third kappa shape index (κ3) is 2.96. The average Bonchev–Trinajstić information content (AvgIpc) is 2.62. The van der Waals surface area contributed by atoms with E-state index in [1.165, 1.54) is 24.5 Å². The van der Waals surface area contributed by atoms with Crippen LogP contribution in [-0.4, -0.2) is 51.8 Å². The fourth-order valence-corrected chi connectivity index (χ4v) is 4.35. The minimum absolute atomic E-state index is 0.511. The van der Waals surface area contributed by atoms with Crippen molar-refractivity contribution < 1.29 is 4.21 Å². The van der Waals surface area contributed by atoms with Crippen molar-refractivity contribution in [2.24, 2.45) is 5.92 Å². The molecule has 0 aliphatic carbocycles. The molecule has 0 radical (unpaired) electrons. The van der Waals surface area contributed by atoms with Crippen molar-refractivity contribution in [2.45, 2.75) is 6.42 Å². The van der Waals surface area contributed by atoms with Crippen molar-refractivity contribution in [2.75, 3.05) is 42.6 Å². The molecule has 1 atom stereocenters. The minimum Gasteiger partial charge on any atom is -0.301 e. The van der Waals surface area contributed by atoms with Crippen molar-refractivity contribution >= 4 is 22.6 Å². The van der Waals surface area contributed by atoms with Crippen LogP contribution in [0, 0.1) is 5.92 Å². The van der Waals surface area contributed by atoms with Gasteiger partial charge >= 0.3 is 0 Å². The molecule has 2 saturated heterocycles. The third-order valence-corrected chi connectivity index (χ3v) is 5.32. The SMILES string of the molecule is O=S1CCN(CC2CCSC2)CC1. The molecule has 76 valence electrons. The normalized spacial score (nSPS) is 32.5. The Morgan fingerprint density at radius 2 is 2.15 bits per heavy atom. The van der Waals surface area contributed by atoms with E-state index in [1.807, 2.05) is 0 Å². The Morgan fingerprint density at radius 1 is 1.38 bits per heavy atom. The zero-order chi connectivity index (χ0) is 9.10. The molecular formula is C9H17NOS2. The lowest BCUT2D eigenvalue weighted by Gasteiger charge is -2.28. The minimum atomic E-state index is -0.511. The lowest BCUT2D eigenvalue weighted by Crippen LogP contribution is -2.40. The van der Waals surface area contributed by atoms with E-state index in [9.17, 15) is 4.21 Å². The molecule has 0 aromatic rings. The zero-order valence-electron chi connectivity index (χ0n) is 7.91. The Hall–Kier alpha value is 0.460. The van der Waals surface area contributed by atoms with E-state index in [-0.39, 0.29) is 0 Å². The van der Waals surface area contributed by atoms with Gasteiger partial charge in [0.2, 0.25) is 0 Å². The van der Waals surface area contributed by atoms with E-state index in [4.69, 9.17) is 0 Å². The fraction of sp³-hybridized carbons (Fsp3) is 1.00. The van der Waals surface area contributed by atoms with Gasteiger partial charge in [-0.2, -0.15) is 11.8 Å². The standard InChI is InChI=1S/C9H17NOS2/c11-13-5-2-10(3-6-13)7-9-1-4-12-8-9/h9H,1-8H2. The van der Waals surface area contributed by atoms with Crippen molar-refractivity contribution in [3.05, 3.63) is 0 Å². The summed E-state index contributed by atoms with van der Waals surface area (Å²) in [4.78, 5) is 2.50. The first-order chi connectivity index (χ1) is 6.34. The highest BCUT2D eigenvalue weighted by atomic mass is 32.2. The zero-order valence-corrected chi connectivity index (χ0v) is 9.54. The van der Waals surface area contributed by atoms with Crippen LogP contribution in [-0.2, 0) is 10.8 Å². The summed E-state index contributed by atoms with van der Waals surface area (Å²) in [7, 11) is -0.511. The molecule has 2 fully saturated rings. The van der Waals surface area contributed by atoms with Gasteiger partial charge < -0.3 is 4.90 Å². The average molecular weight is 219 g/mol. The second-order valence-electron chi connectivity index (χ2n) is 3.88. The van der Waals surface area contributed by atoms with Crippen LogP contribution in [0.1, 0.15) is 6.42 Å². The summed E-state index contributed by atoms with van der Waals surface area (Å²) < 4.78 is 11.1. The van der Waals surface area contributed by atoms with Crippen LogP contribution in [0.25, 0.3) is 0 Å². The van der Waals surface area contributed by atoms with Gasteiger partial charge in [-0.25, -0.2) is 0 Å². The van der Waals surface area contributed by atoms with Gasteiger partial charge in [0.1, 0.15) is 0 Å². The van der Waals surface area contributed by atoms with Crippen molar-refractivity contribution in [1.29, 1.82) is 0 Å². The molecule has 13 heavy (non-hydrogen) atoms. The molecule has 4 heteroatoms. The summed E-state index contributed by atoms with van der Waals surface area (Å²) in [5.41, 5.74) is 0. The van der Waals surface area contributed by atoms with Crippen molar-refractivity contribution in [1.82, 2.24) is 4.90 Å². The second kappa shape index (κ2) is 4.80. The first kappa shape index (κ1) is 9.99. The first-order valence-electron chi connectivity index (χ1n) is 4.99. The molecule has 0 N–H and O–H groups in total. The predicted octanol–water partition coefficient (Wildman–Crippen LogP) is 0.804. The Labute approximate surface area is 86.9 Å². The number of rotatable bonds is 2. The molecule has 0 bridgehead atoms. The van der Waals surface area contributed by atoms with Gasteiger partial charge in [0.15, 0.2) is 0 Å². The molecule has 0 spiro atoms. The molecule has 2 aliphatic rings.